The number of aliphatic hydroxyl groups is 1. The number of rotatable bonds is 2. The van der Waals surface area contributed by atoms with Gasteiger partial charge in [0.05, 0.1) is 12.6 Å². The number of nitrogens with one attached hydrogen (secondary N) is 1. The smallest absolute Gasteiger partial charge is 0.408 e. The standard InChI is InChI=1S/C11H13NO3/c1-7-2-4-8(5-3-7)10-9(6-13)12-11(14)15-10/h2-5,9-10,13H,6H2,1H3,(H,12,14). The van der Waals surface area contributed by atoms with E-state index in [2.05, 4.69) is 5.32 Å². The Morgan fingerprint density at radius 1 is 1.40 bits per heavy atom. The van der Waals surface area contributed by atoms with Gasteiger partial charge in [-0.3, -0.25) is 0 Å². The normalized spacial score (nSPS) is 24.8. The van der Waals surface area contributed by atoms with Crippen molar-refractivity contribution in [2.24, 2.45) is 0 Å². The van der Waals surface area contributed by atoms with Crippen molar-refractivity contribution in [2.45, 2.75) is 19.1 Å². The van der Waals surface area contributed by atoms with Gasteiger partial charge < -0.3 is 15.2 Å². The van der Waals surface area contributed by atoms with Gasteiger partial charge in [-0.2, -0.15) is 0 Å². The number of alkyl carbamates (subject to hydrolysis) is 1. The molecule has 0 bridgehead atoms. The molecule has 0 radical (unpaired) electrons. The van der Waals surface area contributed by atoms with Crippen molar-refractivity contribution < 1.29 is 14.6 Å². The lowest BCUT2D eigenvalue weighted by Gasteiger charge is -2.14. The minimum absolute atomic E-state index is 0.121. The highest BCUT2D eigenvalue weighted by Gasteiger charge is 2.34. The third-order valence-corrected chi connectivity index (χ3v) is 2.51. The number of amides is 1. The van der Waals surface area contributed by atoms with E-state index in [1.807, 2.05) is 31.2 Å². The highest BCUT2D eigenvalue weighted by Crippen LogP contribution is 2.26. The third-order valence-electron chi connectivity index (χ3n) is 2.51. The first-order valence-corrected chi connectivity index (χ1v) is 4.85. The number of benzene rings is 1. The minimum Gasteiger partial charge on any atom is -0.439 e. The predicted molar refractivity (Wildman–Crippen MR) is 54.4 cm³/mol. The van der Waals surface area contributed by atoms with Crippen LogP contribution in [0.1, 0.15) is 17.2 Å². The molecule has 1 aliphatic rings. The molecular formula is C11H13NO3. The van der Waals surface area contributed by atoms with Crippen LogP contribution in [0.5, 0.6) is 0 Å². The summed E-state index contributed by atoms with van der Waals surface area (Å²) in [6.07, 6.45) is -0.859. The first kappa shape index (κ1) is 9.98. The summed E-state index contributed by atoms with van der Waals surface area (Å²) in [6, 6.07) is 7.37. The molecule has 0 spiro atoms. The molecule has 2 atom stereocenters. The van der Waals surface area contributed by atoms with E-state index in [1.54, 1.807) is 0 Å². The van der Waals surface area contributed by atoms with Gasteiger partial charge in [-0.15, -0.1) is 0 Å². The molecule has 2 rings (SSSR count). The van der Waals surface area contributed by atoms with Gasteiger partial charge in [0.15, 0.2) is 6.10 Å². The Morgan fingerprint density at radius 3 is 2.67 bits per heavy atom. The number of carbonyl (C=O) groups is 1. The summed E-state index contributed by atoms with van der Waals surface area (Å²) in [5, 5.41) is 11.6. The van der Waals surface area contributed by atoms with Crippen LogP contribution in [-0.2, 0) is 4.74 Å². The summed E-state index contributed by atoms with van der Waals surface area (Å²) >= 11 is 0. The third kappa shape index (κ3) is 1.94. The molecule has 1 fully saturated rings. The number of hydrogen-bond acceptors (Lipinski definition) is 3. The van der Waals surface area contributed by atoms with Gasteiger partial charge in [-0.05, 0) is 12.5 Å². The maximum absolute atomic E-state index is 11.0. The van der Waals surface area contributed by atoms with Crippen molar-refractivity contribution in [2.75, 3.05) is 6.61 Å². The van der Waals surface area contributed by atoms with Crippen LogP contribution in [-0.4, -0.2) is 23.8 Å². The van der Waals surface area contributed by atoms with Crippen LogP contribution in [0.3, 0.4) is 0 Å². The van der Waals surface area contributed by atoms with Crippen molar-refractivity contribution in [3.05, 3.63) is 35.4 Å². The molecule has 1 aromatic carbocycles. The van der Waals surface area contributed by atoms with E-state index in [0.29, 0.717) is 0 Å². The molecule has 2 N–H and O–H groups in total. The molecular weight excluding hydrogens is 194 g/mol. The van der Waals surface area contributed by atoms with Gasteiger partial charge in [-0.1, -0.05) is 29.8 Å². The monoisotopic (exact) mass is 207 g/mol. The summed E-state index contributed by atoms with van der Waals surface area (Å²) < 4.78 is 5.08. The van der Waals surface area contributed by atoms with E-state index in [1.165, 1.54) is 0 Å². The molecule has 0 aromatic heterocycles. The summed E-state index contributed by atoms with van der Waals surface area (Å²) in [4.78, 5) is 11.0. The Morgan fingerprint density at radius 2 is 2.07 bits per heavy atom. The lowest BCUT2D eigenvalue weighted by molar-refractivity contribution is 0.119. The Hall–Kier alpha value is -1.55. The maximum Gasteiger partial charge on any atom is 0.408 e. The molecule has 0 saturated carbocycles. The summed E-state index contributed by atoms with van der Waals surface area (Å²) in [6.45, 7) is 1.87. The first-order valence-electron chi connectivity index (χ1n) is 4.85. The summed E-state index contributed by atoms with van der Waals surface area (Å²) in [7, 11) is 0. The SMILES string of the molecule is Cc1ccc(C2OC(=O)NC2CO)cc1. The van der Waals surface area contributed by atoms with Crippen LogP contribution < -0.4 is 5.32 Å². The molecule has 15 heavy (non-hydrogen) atoms. The second-order valence-electron chi connectivity index (χ2n) is 3.67. The summed E-state index contributed by atoms with van der Waals surface area (Å²) in [5.74, 6) is 0. The van der Waals surface area contributed by atoms with Crippen LogP contribution in [0.2, 0.25) is 0 Å². The highest BCUT2D eigenvalue weighted by molar-refractivity contribution is 5.70. The van der Waals surface area contributed by atoms with Crippen molar-refractivity contribution in [1.29, 1.82) is 0 Å². The molecule has 4 nitrogen and oxygen atoms in total. The zero-order chi connectivity index (χ0) is 10.8. The van der Waals surface area contributed by atoms with Crippen molar-refractivity contribution in [3.63, 3.8) is 0 Å². The molecule has 0 aliphatic carbocycles. The Kier molecular flexibility index (Phi) is 2.60. The quantitative estimate of drug-likeness (QED) is 0.764. The second kappa shape index (κ2) is 3.90. The molecule has 80 valence electrons. The summed E-state index contributed by atoms with van der Waals surface area (Å²) in [5.41, 5.74) is 2.05. The Labute approximate surface area is 87.9 Å². The van der Waals surface area contributed by atoms with Crippen molar-refractivity contribution in [3.8, 4) is 0 Å². The van der Waals surface area contributed by atoms with E-state index in [9.17, 15) is 4.79 Å². The van der Waals surface area contributed by atoms with E-state index in [-0.39, 0.29) is 18.8 Å². The number of carbonyl (C=O) groups excluding carboxylic acids is 1. The number of aryl methyl sites for hydroxylation is 1. The number of cyclic esters (lactones) is 1. The van der Waals surface area contributed by atoms with Gasteiger partial charge in [0.1, 0.15) is 0 Å². The van der Waals surface area contributed by atoms with E-state index >= 15 is 0 Å². The van der Waals surface area contributed by atoms with Crippen molar-refractivity contribution in [1.82, 2.24) is 5.32 Å². The first-order chi connectivity index (χ1) is 7.20. The van der Waals surface area contributed by atoms with E-state index < -0.39 is 6.09 Å². The molecule has 1 aliphatic heterocycles. The van der Waals surface area contributed by atoms with Crippen LogP contribution in [0.4, 0.5) is 4.79 Å². The second-order valence-corrected chi connectivity index (χ2v) is 3.67. The largest absolute Gasteiger partial charge is 0.439 e. The van der Waals surface area contributed by atoms with Gasteiger partial charge in [-0.25, -0.2) is 4.79 Å². The number of aliphatic hydroxyl groups excluding tert-OH is 1. The number of hydrogen-bond donors (Lipinski definition) is 2. The van der Waals surface area contributed by atoms with Crippen LogP contribution in [0.25, 0.3) is 0 Å². The maximum atomic E-state index is 11.0. The Bertz CT molecular complexity index is 361. The number of ether oxygens (including phenoxy) is 1. The zero-order valence-electron chi connectivity index (χ0n) is 8.43. The fourth-order valence-corrected chi connectivity index (χ4v) is 1.66. The lowest BCUT2D eigenvalue weighted by Crippen LogP contribution is -2.31. The van der Waals surface area contributed by atoms with E-state index in [4.69, 9.17) is 9.84 Å². The van der Waals surface area contributed by atoms with Gasteiger partial charge in [0.2, 0.25) is 0 Å². The van der Waals surface area contributed by atoms with Crippen molar-refractivity contribution >= 4 is 6.09 Å². The van der Waals surface area contributed by atoms with E-state index in [0.717, 1.165) is 11.1 Å². The van der Waals surface area contributed by atoms with Crippen LogP contribution in [0.15, 0.2) is 24.3 Å². The fraction of sp³-hybridized carbons (Fsp3) is 0.364. The molecule has 1 saturated heterocycles. The molecule has 4 heteroatoms. The molecule has 1 amide bonds. The fourth-order valence-electron chi connectivity index (χ4n) is 1.66. The predicted octanol–water partition coefficient (Wildman–Crippen LogP) is 1.14. The van der Waals surface area contributed by atoms with Gasteiger partial charge in [0.25, 0.3) is 0 Å². The average molecular weight is 207 g/mol. The van der Waals surface area contributed by atoms with Gasteiger partial charge >= 0.3 is 6.09 Å². The molecule has 1 aromatic rings. The average Bonchev–Trinajstić information content (AvgIpc) is 2.61. The minimum atomic E-state index is -0.473. The lowest BCUT2D eigenvalue weighted by atomic mass is 10.0. The Balaban J connectivity index is 2.22. The molecule has 2 unspecified atom stereocenters. The van der Waals surface area contributed by atoms with Crippen LogP contribution >= 0.6 is 0 Å². The van der Waals surface area contributed by atoms with Gasteiger partial charge in [0, 0.05) is 0 Å². The van der Waals surface area contributed by atoms with Crippen LogP contribution in [0, 0.1) is 6.92 Å². The highest BCUT2D eigenvalue weighted by atomic mass is 16.6. The topological polar surface area (TPSA) is 58.6 Å². The zero-order valence-corrected chi connectivity index (χ0v) is 8.43. The molecule has 1 heterocycles.